The molecule has 1 aliphatic heterocycles. The average Bonchev–Trinajstić information content (AvgIpc) is 2.80. The molecule has 0 aromatic carbocycles. The second-order valence-corrected chi connectivity index (χ2v) is 9.38. The number of carbonyl (C=O) groups is 6. The van der Waals surface area contributed by atoms with Crippen molar-refractivity contribution in [2.24, 2.45) is 0 Å². The summed E-state index contributed by atoms with van der Waals surface area (Å²) in [4.78, 5) is 73.2. The SMILES string of the molecule is CCOC(=O)C(=CN[C@@H]1OC(COC(C)=O)[C@@H](OC(C)=O)C(NC(=O)OC(C)(C)C)C1OC(C)=O)C(=O)OCC. The van der Waals surface area contributed by atoms with Crippen LogP contribution in [0.25, 0.3) is 0 Å². The number of carbonyl (C=O) groups excluding carboxylic acids is 6. The fourth-order valence-corrected chi connectivity index (χ4v) is 3.48. The maximum Gasteiger partial charge on any atom is 0.408 e. The van der Waals surface area contributed by atoms with E-state index in [1.807, 2.05) is 0 Å². The summed E-state index contributed by atoms with van der Waals surface area (Å²) in [6, 6.07) is -1.32. The predicted molar refractivity (Wildman–Crippen MR) is 134 cm³/mol. The molecule has 0 saturated carbocycles. The first-order valence-corrected chi connectivity index (χ1v) is 12.5. The molecular weight excluding hydrogens is 536 g/mol. The van der Waals surface area contributed by atoms with Gasteiger partial charge in [0.25, 0.3) is 0 Å². The van der Waals surface area contributed by atoms with Crippen LogP contribution >= 0.6 is 0 Å². The summed E-state index contributed by atoms with van der Waals surface area (Å²) in [7, 11) is 0. The van der Waals surface area contributed by atoms with Crippen LogP contribution in [-0.2, 0) is 57.1 Å². The van der Waals surface area contributed by atoms with Gasteiger partial charge in [0.15, 0.2) is 24.0 Å². The quantitative estimate of drug-likeness (QED) is 0.115. The van der Waals surface area contributed by atoms with Gasteiger partial charge in [0.1, 0.15) is 24.4 Å². The maximum atomic E-state index is 12.8. The summed E-state index contributed by atoms with van der Waals surface area (Å²) in [5.41, 5.74) is -1.46. The van der Waals surface area contributed by atoms with E-state index in [-0.39, 0.29) is 13.2 Å². The van der Waals surface area contributed by atoms with E-state index in [0.29, 0.717) is 0 Å². The normalized spacial score (nSPS) is 22.1. The molecule has 0 aromatic rings. The van der Waals surface area contributed by atoms with Gasteiger partial charge in [0.05, 0.1) is 13.2 Å². The van der Waals surface area contributed by atoms with E-state index >= 15 is 0 Å². The first kappa shape index (κ1) is 34.1. The molecule has 15 heteroatoms. The van der Waals surface area contributed by atoms with Crippen molar-refractivity contribution in [1.29, 1.82) is 0 Å². The summed E-state index contributed by atoms with van der Waals surface area (Å²) in [6.07, 6.45) is -5.39. The number of esters is 5. The standard InChI is InChI=1S/C25H38N2O13/c1-9-34-22(31)16(23(32)35-10-2)11-26-21-20(38-15(5)30)18(27-24(33)40-25(6,7)8)19(37-14(4)29)17(39-21)12-36-13(3)28/h11,17-21,26H,9-10,12H2,1-8H3,(H,27,33)/t17?,18?,19-,20?,21-/m1/s1. The zero-order valence-electron chi connectivity index (χ0n) is 23.9. The number of amides is 1. The van der Waals surface area contributed by atoms with Gasteiger partial charge >= 0.3 is 35.9 Å². The highest BCUT2D eigenvalue weighted by Crippen LogP contribution is 2.27. The summed E-state index contributed by atoms with van der Waals surface area (Å²) >= 11 is 0. The van der Waals surface area contributed by atoms with Crippen LogP contribution < -0.4 is 10.6 Å². The van der Waals surface area contributed by atoms with Gasteiger partial charge in [0, 0.05) is 27.0 Å². The fourth-order valence-electron chi connectivity index (χ4n) is 3.48. The molecule has 0 spiro atoms. The van der Waals surface area contributed by atoms with Gasteiger partial charge in [0.2, 0.25) is 0 Å². The minimum atomic E-state index is -1.43. The van der Waals surface area contributed by atoms with E-state index < -0.39 is 84.3 Å². The van der Waals surface area contributed by atoms with E-state index in [4.69, 9.17) is 33.2 Å². The van der Waals surface area contributed by atoms with Crippen molar-refractivity contribution in [1.82, 2.24) is 10.6 Å². The van der Waals surface area contributed by atoms with Crippen LogP contribution in [-0.4, -0.2) is 91.9 Å². The number of ether oxygens (including phenoxy) is 7. The number of hydrogen-bond donors (Lipinski definition) is 2. The molecular formula is C25H38N2O13. The van der Waals surface area contributed by atoms with Gasteiger partial charge in [-0.3, -0.25) is 14.4 Å². The Balaban J connectivity index is 3.60. The average molecular weight is 575 g/mol. The Bertz CT molecular complexity index is 952. The van der Waals surface area contributed by atoms with Gasteiger partial charge in [-0.25, -0.2) is 14.4 Å². The number of hydrogen-bond acceptors (Lipinski definition) is 14. The van der Waals surface area contributed by atoms with E-state index in [2.05, 4.69) is 10.6 Å². The third-order valence-electron chi connectivity index (χ3n) is 4.82. The Hall–Kier alpha value is -3.88. The highest BCUT2D eigenvalue weighted by atomic mass is 16.6. The third-order valence-corrected chi connectivity index (χ3v) is 4.82. The van der Waals surface area contributed by atoms with Crippen molar-refractivity contribution in [2.75, 3.05) is 19.8 Å². The highest BCUT2D eigenvalue weighted by Gasteiger charge is 2.51. The smallest absolute Gasteiger partial charge is 0.408 e. The summed E-state index contributed by atoms with van der Waals surface area (Å²) in [5.74, 6) is -4.29. The van der Waals surface area contributed by atoms with Crippen LogP contribution in [0.4, 0.5) is 4.79 Å². The van der Waals surface area contributed by atoms with Crippen molar-refractivity contribution in [3.05, 3.63) is 11.8 Å². The van der Waals surface area contributed by atoms with Crippen LogP contribution in [0, 0.1) is 0 Å². The highest BCUT2D eigenvalue weighted by molar-refractivity contribution is 6.13. The lowest BCUT2D eigenvalue weighted by molar-refractivity contribution is -0.224. The van der Waals surface area contributed by atoms with Crippen molar-refractivity contribution in [2.45, 2.75) is 91.6 Å². The molecule has 1 aliphatic rings. The Morgan fingerprint density at radius 3 is 1.77 bits per heavy atom. The summed E-state index contributed by atoms with van der Waals surface area (Å²) < 4.78 is 36.9. The molecule has 0 aromatic heterocycles. The molecule has 1 heterocycles. The van der Waals surface area contributed by atoms with Crippen molar-refractivity contribution in [3.63, 3.8) is 0 Å². The van der Waals surface area contributed by atoms with Crippen LogP contribution in [0.2, 0.25) is 0 Å². The third kappa shape index (κ3) is 11.5. The van der Waals surface area contributed by atoms with E-state index in [9.17, 15) is 28.8 Å². The Morgan fingerprint density at radius 1 is 0.800 bits per heavy atom. The van der Waals surface area contributed by atoms with Crippen molar-refractivity contribution < 1.29 is 61.9 Å². The largest absolute Gasteiger partial charge is 0.463 e. The maximum absolute atomic E-state index is 12.8. The molecule has 0 radical (unpaired) electrons. The Morgan fingerprint density at radius 2 is 1.32 bits per heavy atom. The molecule has 226 valence electrons. The molecule has 40 heavy (non-hydrogen) atoms. The number of alkyl carbamates (subject to hydrolysis) is 1. The van der Waals surface area contributed by atoms with Gasteiger partial charge in [-0.1, -0.05) is 0 Å². The van der Waals surface area contributed by atoms with E-state index in [1.54, 1.807) is 20.8 Å². The molecule has 1 rings (SSSR count). The summed E-state index contributed by atoms with van der Waals surface area (Å²) in [6.45, 7) is 10.7. The zero-order valence-corrected chi connectivity index (χ0v) is 23.9. The summed E-state index contributed by atoms with van der Waals surface area (Å²) in [5, 5.41) is 5.19. The number of rotatable bonds is 11. The minimum Gasteiger partial charge on any atom is -0.463 e. The van der Waals surface area contributed by atoms with Gasteiger partial charge < -0.3 is 43.8 Å². The lowest BCUT2D eigenvalue weighted by Crippen LogP contribution is -2.69. The lowest BCUT2D eigenvalue weighted by Gasteiger charge is -2.45. The molecule has 1 fully saturated rings. The fraction of sp³-hybridized carbons (Fsp3) is 0.680. The topological polar surface area (TPSA) is 191 Å². The first-order chi connectivity index (χ1) is 18.6. The second kappa shape index (κ2) is 15.6. The zero-order chi connectivity index (χ0) is 30.6. The first-order valence-electron chi connectivity index (χ1n) is 12.5. The molecule has 1 amide bonds. The molecule has 0 aliphatic carbocycles. The molecule has 0 bridgehead atoms. The van der Waals surface area contributed by atoms with E-state index in [1.165, 1.54) is 13.8 Å². The van der Waals surface area contributed by atoms with Gasteiger partial charge in [-0.2, -0.15) is 0 Å². The molecule has 2 N–H and O–H groups in total. The minimum absolute atomic E-state index is 0.0397. The molecule has 1 saturated heterocycles. The molecule has 15 nitrogen and oxygen atoms in total. The molecule has 3 unspecified atom stereocenters. The predicted octanol–water partition coefficient (Wildman–Crippen LogP) is 0.631. The Labute approximate surface area is 232 Å². The van der Waals surface area contributed by atoms with Gasteiger partial charge in [-0.05, 0) is 34.6 Å². The van der Waals surface area contributed by atoms with Gasteiger partial charge in [-0.15, -0.1) is 0 Å². The van der Waals surface area contributed by atoms with Crippen molar-refractivity contribution in [3.8, 4) is 0 Å². The lowest BCUT2D eigenvalue weighted by atomic mass is 9.94. The van der Waals surface area contributed by atoms with Crippen LogP contribution in [0.1, 0.15) is 55.4 Å². The van der Waals surface area contributed by atoms with Crippen molar-refractivity contribution >= 4 is 35.9 Å². The van der Waals surface area contributed by atoms with Crippen LogP contribution in [0.15, 0.2) is 11.8 Å². The van der Waals surface area contributed by atoms with Crippen LogP contribution in [0.5, 0.6) is 0 Å². The number of nitrogens with one attached hydrogen (secondary N) is 2. The monoisotopic (exact) mass is 574 g/mol. The van der Waals surface area contributed by atoms with Crippen LogP contribution in [0.3, 0.4) is 0 Å². The molecule has 5 atom stereocenters. The van der Waals surface area contributed by atoms with E-state index in [0.717, 1.165) is 27.0 Å². The second-order valence-electron chi connectivity index (χ2n) is 9.38. The Kier molecular flexibility index (Phi) is 13.4.